The zero-order valence-electron chi connectivity index (χ0n) is 39.1. The van der Waals surface area contributed by atoms with Gasteiger partial charge in [0.15, 0.2) is 5.78 Å². The first kappa shape index (κ1) is 49.9. The number of para-hydroxylation sites is 2. The molecule has 0 bridgehead atoms. The topological polar surface area (TPSA) is 149 Å². The minimum absolute atomic E-state index is 0.0141. The smallest absolute Gasteiger partial charge is 0.303 e. The molecule has 0 aliphatic heterocycles. The number of fused-ring (bicyclic) bond motifs is 2. The molecule has 0 aliphatic carbocycles. The van der Waals surface area contributed by atoms with Crippen LogP contribution in [0, 0.1) is 30.5 Å². The summed E-state index contributed by atoms with van der Waals surface area (Å²) in [7, 11) is 0. The summed E-state index contributed by atoms with van der Waals surface area (Å²) in [6.45, 7) is 7.36. The molecule has 2 aromatic heterocycles. The predicted octanol–water partition coefficient (Wildman–Crippen LogP) is 13.4. The Labute approximate surface area is 401 Å². The van der Waals surface area contributed by atoms with Gasteiger partial charge in [0.2, 0.25) is 0 Å². The van der Waals surface area contributed by atoms with Crippen LogP contribution in [0.25, 0.3) is 33.2 Å². The highest BCUT2D eigenvalue weighted by Gasteiger charge is 2.17. The number of hydrogen-bond donors (Lipinski definition) is 4. The van der Waals surface area contributed by atoms with Crippen molar-refractivity contribution >= 4 is 51.0 Å². The maximum atomic E-state index is 13.3. The highest BCUT2D eigenvalue weighted by molar-refractivity contribution is 6.12. The monoisotopic (exact) mass is 918 g/mol. The Hall–Kier alpha value is -8.50. The number of hydrogen-bond acceptors (Lipinski definition) is 5. The molecule has 0 unspecified atom stereocenters. The van der Waals surface area contributed by atoms with Gasteiger partial charge in [-0.1, -0.05) is 129 Å². The number of carboxylic acids is 2. The number of carbonyl (C=O) groups is 3. The van der Waals surface area contributed by atoms with Crippen molar-refractivity contribution in [3.05, 3.63) is 239 Å². The first-order valence-corrected chi connectivity index (χ1v) is 22.6. The molecule has 0 spiro atoms. The number of aliphatic carboxylic acids is 2. The standard InChI is InChI=1S/C30H24N2O.C23H19FN2.2C3H6O2/c1-21-9-5-6-12-24(21)19-28(31)27-20-32(29-14-8-7-13-26(27)29)25-17-15-23(16-18-25)30(33)22-10-3-2-4-11-22;1-16-6-2-3-7-17(16)14-22(25)21-15-26(19-12-10-18(24)11-13-19)23-9-5-4-8-20(21)23;2*1-2-3(4)5/h2-18,20,31H,19H2,1H3;2-13,15,25H,14H2,1H3;2*2H2,1H3,(H,4,5). The molecule has 0 aliphatic rings. The molecule has 9 aromatic rings. The zero-order valence-corrected chi connectivity index (χ0v) is 39.1. The second kappa shape index (κ2) is 23.8. The fourth-order valence-electron chi connectivity index (χ4n) is 7.59. The fraction of sp³-hybridized carbons (Fsp3) is 0.136. The molecule has 0 atom stereocenters. The van der Waals surface area contributed by atoms with Crippen molar-refractivity contribution in [2.75, 3.05) is 0 Å². The second-order valence-electron chi connectivity index (χ2n) is 16.2. The molecule has 4 N–H and O–H groups in total. The number of ketones is 1. The Morgan fingerprint density at radius 3 is 1.23 bits per heavy atom. The van der Waals surface area contributed by atoms with Gasteiger partial charge < -0.3 is 30.2 Å². The molecule has 0 saturated heterocycles. The Balaban J connectivity index is 0.000000193. The summed E-state index contributed by atoms with van der Waals surface area (Å²) in [5.74, 6) is -1.73. The summed E-state index contributed by atoms with van der Waals surface area (Å²) in [5.41, 5.74) is 13.0. The lowest BCUT2D eigenvalue weighted by molar-refractivity contribution is -0.137. The van der Waals surface area contributed by atoms with Gasteiger partial charge in [-0.25, -0.2) is 4.39 Å². The van der Waals surface area contributed by atoms with E-state index in [0.717, 1.165) is 49.9 Å². The third kappa shape index (κ3) is 12.9. The Morgan fingerprint density at radius 2 is 0.826 bits per heavy atom. The first-order valence-electron chi connectivity index (χ1n) is 22.6. The van der Waals surface area contributed by atoms with E-state index in [9.17, 15) is 18.8 Å². The molecule has 348 valence electrons. The minimum atomic E-state index is -0.745. The van der Waals surface area contributed by atoms with Crippen molar-refractivity contribution in [3.63, 3.8) is 0 Å². The summed E-state index contributed by atoms with van der Waals surface area (Å²) in [4.78, 5) is 31.5. The molecule has 7 aromatic carbocycles. The van der Waals surface area contributed by atoms with Gasteiger partial charge in [0, 0.05) is 93.9 Å². The molecule has 9 nitrogen and oxygen atoms in total. The average Bonchev–Trinajstić information content (AvgIpc) is 3.96. The van der Waals surface area contributed by atoms with E-state index in [2.05, 4.69) is 54.8 Å². The lowest BCUT2D eigenvalue weighted by atomic mass is 9.99. The van der Waals surface area contributed by atoms with E-state index < -0.39 is 11.9 Å². The summed E-state index contributed by atoms with van der Waals surface area (Å²) in [6, 6.07) is 56.1. The van der Waals surface area contributed by atoms with Crippen LogP contribution in [0.5, 0.6) is 0 Å². The van der Waals surface area contributed by atoms with Crippen LogP contribution in [0.3, 0.4) is 0 Å². The highest BCUT2D eigenvalue weighted by atomic mass is 19.1. The van der Waals surface area contributed by atoms with Crippen molar-refractivity contribution in [3.8, 4) is 11.4 Å². The van der Waals surface area contributed by atoms with E-state index in [4.69, 9.17) is 21.0 Å². The van der Waals surface area contributed by atoms with Crippen molar-refractivity contribution in [1.29, 1.82) is 10.8 Å². The Kier molecular flexibility index (Phi) is 17.2. The van der Waals surface area contributed by atoms with Crippen LogP contribution in [0.1, 0.15) is 76.0 Å². The van der Waals surface area contributed by atoms with Crippen LogP contribution in [0.15, 0.2) is 188 Å². The van der Waals surface area contributed by atoms with Gasteiger partial charge >= 0.3 is 11.9 Å². The van der Waals surface area contributed by atoms with Gasteiger partial charge in [0.25, 0.3) is 0 Å². The molecule has 0 fully saturated rings. The van der Waals surface area contributed by atoms with Gasteiger partial charge in [0.05, 0.1) is 11.0 Å². The SMILES string of the molecule is CCC(=O)O.CCC(=O)O.Cc1ccccc1CC(=N)c1cn(-c2ccc(C(=O)c3ccccc3)cc2)c2ccccc12.Cc1ccccc1CC(=N)c1cn(-c2ccc(F)cc2)c2ccccc12. The summed E-state index contributed by atoms with van der Waals surface area (Å²) < 4.78 is 17.4. The van der Waals surface area contributed by atoms with Gasteiger partial charge in [-0.2, -0.15) is 0 Å². The van der Waals surface area contributed by atoms with E-state index in [1.54, 1.807) is 26.0 Å². The molecule has 2 heterocycles. The number of aryl methyl sites for hydroxylation is 2. The third-order valence-corrected chi connectivity index (χ3v) is 11.5. The number of nitrogens with zero attached hydrogens (tertiary/aromatic N) is 2. The average molecular weight is 919 g/mol. The van der Waals surface area contributed by atoms with Crippen molar-refractivity contribution in [1.82, 2.24) is 9.13 Å². The van der Waals surface area contributed by atoms with Gasteiger partial charge in [-0.15, -0.1) is 0 Å². The van der Waals surface area contributed by atoms with E-state index in [1.165, 1.54) is 28.8 Å². The number of aromatic nitrogens is 2. The van der Waals surface area contributed by atoms with Gasteiger partial charge in [-0.3, -0.25) is 14.4 Å². The van der Waals surface area contributed by atoms with Gasteiger partial charge in [0.1, 0.15) is 5.82 Å². The summed E-state index contributed by atoms with van der Waals surface area (Å²) in [6.07, 6.45) is 5.65. The van der Waals surface area contributed by atoms with Crippen molar-refractivity contribution < 1.29 is 29.0 Å². The quantitative estimate of drug-likeness (QED) is 0.0711. The van der Waals surface area contributed by atoms with Gasteiger partial charge in [-0.05, 0) is 96.8 Å². The second-order valence-corrected chi connectivity index (χ2v) is 16.2. The fourth-order valence-corrected chi connectivity index (χ4v) is 7.59. The van der Waals surface area contributed by atoms with Crippen LogP contribution in [-0.2, 0) is 22.4 Å². The molecule has 69 heavy (non-hydrogen) atoms. The maximum Gasteiger partial charge on any atom is 0.303 e. The van der Waals surface area contributed by atoms with E-state index in [0.29, 0.717) is 35.4 Å². The molecule has 9 rings (SSSR count). The largest absolute Gasteiger partial charge is 0.481 e. The first-order chi connectivity index (χ1) is 33.3. The summed E-state index contributed by atoms with van der Waals surface area (Å²) in [5, 5.41) is 35.1. The number of rotatable bonds is 12. The van der Waals surface area contributed by atoms with Crippen LogP contribution >= 0.6 is 0 Å². The lowest BCUT2D eigenvalue weighted by Crippen LogP contribution is -2.04. The van der Waals surface area contributed by atoms with E-state index in [-0.39, 0.29) is 24.4 Å². The Morgan fingerprint density at radius 1 is 0.478 bits per heavy atom. The highest BCUT2D eigenvalue weighted by Crippen LogP contribution is 2.29. The number of carboxylic acid groups (broad SMARTS) is 2. The minimum Gasteiger partial charge on any atom is -0.481 e. The number of halogens is 1. The molecule has 0 radical (unpaired) electrons. The van der Waals surface area contributed by atoms with Crippen molar-refractivity contribution in [2.24, 2.45) is 0 Å². The molecular weight excluding hydrogens is 864 g/mol. The molecule has 0 amide bonds. The van der Waals surface area contributed by atoms with Crippen LogP contribution < -0.4 is 0 Å². The van der Waals surface area contributed by atoms with Crippen LogP contribution in [-0.4, -0.2) is 48.5 Å². The number of nitrogens with one attached hydrogen (secondary N) is 2. The molecular formula is C59H55FN4O5. The predicted molar refractivity (Wildman–Crippen MR) is 276 cm³/mol. The lowest BCUT2D eigenvalue weighted by Gasteiger charge is -2.07. The van der Waals surface area contributed by atoms with Crippen molar-refractivity contribution in [2.45, 2.75) is 53.4 Å². The maximum absolute atomic E-state index is 13.3. The third-order valence-electron chi connectivity index (χ3n) is 11.5. The molecule has 10 heteroatoms. The van der Waals surface area contributed by atoms with Crippen LogP contribution in [0.4, 0.5) is 4.39 Å². The normalized spacial score (nSPS) is 10.4. The van der Waals surface area contributed by atoms with E-state index in [1.807, 2.05) is 132 Å². The number of carbonyl (C=O) groups excluding carboxylic acids is 1. The Bertz CT molecular complexity index is 3210. The van der Waals surface area contributed by atoms with E-state index >= 15 is 0 Å². The zero-order chi connectivity index (χ0) is 49.5. The summed E-state index contributed by atoms with van der Waals surface area (Å²) >= 11 is 0. The number of benzene rings is 7. The molecule has 0 saturated carbocycles. The van der Waals surface area contributed by atoms with Crippen LogP contribution in [0.2, 0.25) is 0 Å².